The first-order valence-electron chi connectivity index (χ1n) is 6.04. The number of hydrogen-bond donors (Lipinski definition) is 2. The molecule has 0 aliphatic rings. The highest BCUT2D eigenvalue weighted by Gasteiger charge is 2.09. The van der Waals surface area contributed by atoms with Gasteiger partial charge in [0.15, 0.2) is 0 Å². The molecule has 0 spiro atoms. The second-order valence-electron chi connectivity index (χ2n) is 4.19. The first-order valence-corrected chi connectivity index (χ1v) is 7.03. The number of nitrogen functional groups attached to an aromatic ring is 1. The van der Waals surface area contributed by atoms with Gasteiger partial charge in [-0.2, -0.15) is 0 Å². The van der Waals surface area contributed by atoms with Crippen LogP contribution in [0.2, 0.25) is 0 Å². The van der Waals surface area contributed by atoms with Crippen LogP contribution in [-0.2, 0) is 7.05 Å². The number of nitrogens with zero attached hydrogens (tertiary/aromatic N) is 1. The number of nitrogens with one attached hydrogen (secondary N) is 1. The molecular weight excluding hydrogens is 258 g/mol. The second kappa shape index (κ2) is 6.33. The van der Waals surface area contributed by atoms with Gasteiger partial charge in [0, 0.05) is 30.4 Å². The zero-order chi connectivity index (χ0) is 13.7. The largest absolute Gasteiger partial charge is 0.397 e. The van der Waals surface area contributed by atoms with Crippen LogP contribution in [0.5, 0.6) is 0 Å². The summed E-state index contributed by atoms with van der Waals surface area (Å²) in [7, 11) is 1.81. The second-order valence-corrected chi connectivity index (χ2v) is 5.36. The summed E-state index contributed by atoms with van der Waals surface area (Å²) in [5.41, 5.74) is 6.83. The van der Waals surface area contributed by atoms with Crippen molar-refractivity contribution >= 4 is 23.4 Å². The van der Waals surface area contributed by atoms with Gasteiger partial charge in [-0.3, -0.25) is 4.79 Å². The molecule has 1 aromatic heterocycles. The molecule has 1 aromatic carbocycles. The van der Waals surface area contributed by atoms with Gasteiger partial charge in [0.25, 0.3) is 5.91 Å². The first-order chi connectivity index (χ1) is 9.16. The van der Waals surface area contributed by atoms with E-state index in [9.17, 15) is 4.79 Å². The molecule has 0 saturated carbocycles. The molecule has 0 unspecified atom stereocenters. The Kier molecular flexibility index (Phi) is 4.52. The summed E-state index contributed by atoms with van der Waals surface area (Å²) < 4.78 is 1.73. The molecular formula is C14H17N3OS. The summed E-state index contributed by atoms with van der Waals surface area (Å²) >= 11 is 1.72. The third-order valence-electron chi connectivity index (χ3n) is 2.66. The van der Waals surface area contributed by atoms with Crippen molar-refractivity contribution in [2.45, 2.75) is 4.90 Å². The normalized spacial score (nSPS) is 10.4. The zero-order valence-corrected chi connectivity index (χ0v) is 11.6. The van der Waals surface area contributed by atoms with Crippen LogP contribution in [0.15, 0.2) is 47.5 Å². The van der Waals surface area contributed by atoms with Crippen molar-refractivity contribution in [2.24, 2.45) is 7.05 Å². The fourth-order valence-electron chi connectivity index (χ4n) is 1.76. The van der Waals surface area contributed by atoms with E-state index >= 15 is 0 Å². The minimum absolute atomic E-state index is 0.0899. The van der Waals surface area contributed by atoms with Gasteiger partial charge >= 0.3 is 0 Å². The van der Waals surface area contributed by atoms with E-state index in [4.69, 9.17) is 5.73 Å². The summed E-state index contributed by atoms with van der Waals surface area (Å²) in [6.45, 7) is 0.628. The number of thioether (sulfide) groups is 1. The Balaban J connectivity index is 1.77. The van der Waals surface area contributed by atoms with Gasteiger partial charge in [0.05, 0.1) is 5.69 Å². The van der Waals surface area contributed by atoms with Crippen LogP contribution in [0.4, 0.5) is 5.69 Å². The van der Waals surface area contributed by atoms with E-state index in [1.807, 2.05) is 25.2 Å². The number of carbonyl (C=O) groups excluding carboxylic acids is 1. The third kappa shape index (κ3) is 3.79. The maximum absolute atomic E-state index is 11.9. The highest BCUT2D eigenvalue weighted by molar-refractivity contribution is 7.99. The molecule has 3 N–H and O–H groups in total. The number of aryl methyl sites for hydroxylation is 1. The van der Waals surface area contributed by atoms with Crippen LogP contribution in [0.25, 0.3) is 0 Å². The van der Waals surface area contributed by atoms with E-state index in [1.54, 1.807) is 28.6 Å². The summed E-state index contributed by atoms with van der Waals surface area (Å²) in [6.07, 6.45) is 1.73. The van der Waals surface area contributed by atoms with Crippen LogP contribution in [0, 0.1) is 0 Å². The highest BCUT2D eigenvalue weighted by atomic mass is 32.2. The summed E-state index contributed by atoms with van der Waals surface area (Å²) in [6, 6.07) is 11.8. The Morgan fingerprint density at radius 2 is 2.11 bits per heavy atom. The van der Waals surface area contributed by atoms with E-state index in [-0.39, 0.29) is 5.91 Å². The van der Waals surface area contributed by atoms with Gasteiger partial charge in [0.2, 0.25) is 0 Å². The smallest absolute Gasteiger partial charge is 0.268 e. The molecule has 2 rings (SSSR count). The van der Waals surface area contributed by atoms with Gasteiger partial charge in [-0.05, 0) is 18.2 Å². The number of rotatable bonds is 5. The van der Waals surface area contributed by atoms with Crippen LogP contribution >= 0.6 is 11.8 Å². The standard InChI is InChI=1S/C14H17N3OS/c1-17-10-11(15)9-13(17)14(18)16-7-8-19-12-5-3-2-4-6-12/h2-6,9-10H,7-8,15H2,1H3,(H,16,18). The molecule has 2 aromatic rings. The zero-order valence-electron chi connectivity index (χ0n) is 10.8. The Morgan fingerprint density at radius 3 is 2.74 bits per heavy atom. The number of anilines is 1. The fourth-order valence-corrected chi connectivity index (χ4v) is 2.55. The average molecular weight is 275 g/mol. The van der Waals surface area contributed by atoms with Crippen molar-refractivity contribution in [1.29, 1.82) is 0 Å². The molecule has 4 nitrogen and oxygen atoms in total. The van der Waals surface area contributed by atoms with Crippen molar-refractivity contribution < 1.29 is 4.79 Å². The number of carbonyl (C=O) groups is 1. The summed E-state index contributed by atoms with van der Waals surface area (Å²) in [4.78, 5) is 13.1. The number of benzene rings is 1. The lowest BCUT2D eigenvalue weighted by molar-refractivity contribution is 0.0948. The van der Waals surface area contributed by atoms with E-state index in [1.165, 1.54) is 4.90 Å². The maximum atomic E-state index is 11.9. The van der Waals surface area contributed by atoms with Gasteiger partial charge in [-0.25, -0.2) is 0 Å². The van der Waals surface area contributed by atoms with E-state index in [0.29, 0.717) is 17.9 Å². The number of nitrogens with two attached hydrogens (primary N) is 1. The van der Waals surface area contributed by atoms with Crippen molar-refractivity contribution in [3.8, 4) is 0 Å². The van der Waals surface area contributed by atoms with Crippen molar-refractivity contribution in [1.82, 2.24) is 9.88 Å². The molecule has 100 valence electrons. The Hall–Kier alpha value is -1.88. The molecule has 19 heavy (non-hydrogen) atoms. The molecule has 0 aliphatic carbocycles. The number of hydrogen-bond acceptors (Lipinski definition) is 3. The summed E-state index contributed by atoms with van der Waals surface area (Å²) in [5, 5.41) is 2.89. The fraction of sp³-hybridized carbons (Fsp3) is 0.214. The van der Waals surface area contributed by atoms with Gasteiger partial charge in [-0.1, -0.05) is 18.2 Å². The molecule has 1 amide bonds. The molecule has 0 saturated heterocycles. The van der Waals surface area contributed by atoms with Crippen molar-refractivity contribution in [2.75, 3.05) is 18.0 Å². The quantitative estimate of drug-likeness (QED) is 0.649. The molecule has 0 fully saturated rings. The average Bonchev–Trinajstić information content (AvgIpc) is 2.75. The van der Waals surface area contributed by atoms with Crippen LogP contribution < -0.4 is 11.1 Å². The predicted molar refractivity (Wildman–Crippen MR) is 79.3 cm³/mol. The Morgan fingerprint density at radius 1 is 1.37 bits per heavy atom. The summed E-state index contributed by atoms with van der Waals surface area (Å²) in [5.74, 6) is 0.753. The van der Waals surface area contributed by atoms with Gasteiger partial charge < -0.3 is 15.6 Å². The molecule has 0 atom stereocenters. The molecule has 0 bridgehead atoms. The molecule has 1 heterocycles. The topological polar surface area (TPSA) is 60.0 Å². The van der Waals surface area contributed by atoms with Gasteiger partial charge in [-0.15, -0.1) is 11.8 Å². The van der Waals surface area contributed by atoms with Crippen LogP contribution in [0.3, 0.4) is 0 Å². The van der Waals surface area contributed by atoms with Crippen LogP contribution in [-0.4, -0.2) is 22.8 Å². The lowest BCUT2D eigenvalue weighted by Gasteiger charge is -2.05. The van der Waals surface area contributed by atoms with E-state index < -0.39 is 0 Å². The highest BCUT2D eigenvalue weighted by Crippen LogP contribution is 2.16. The maximum Gasteiger partial charge on any atom is 0.268 e. The lowest BCUT2D eigenvalue weighted by atomic mass is 10.4. The minimum atomic E-state index is -0.0899. The predicted octanol–water partition coefficient (Wildman–Crippen LogP) is 2.13. The molecule has 5 heteroatoms. The van der Waals surface area contributed by atoms with Crippen molar-refractivity contribution in [3.05, 3.63) is 48.3 Å². The molecule has 0 radical (unpaired) electrons. The Bertz CT molecular complexity index is 551. The number of amides is 1. The molecule has 0 aliphatic heterocycles. The number of aromatic nitrogens is 1. The van der Waals surface area contributed by atoms with Crippen molar-refractivity contribution in [3.63, 3.8) is 0 Å². The van der Waals surface area contributed by atoms with Crippen LogP contribution in [0.1, 0.15) is 10.5 Å². The monoisotopic (exact) mass is 275 g/mol. The SMILES string of the molecule is Cn1cc(N)cc1C(=O)NCCSc1ccccc1. The van der Waals surface area contributed by atoms with E-state index in [2.05, 4.69) is 17.4 Å². The Labute approximate surface area is 117 Å². The third-order valence-corrected chi connectivity index (χ3v) is 3.67. The minimum Gasteiger partial charge on any atom is -0.397 e. The van der Waals surface area contributed by atoms with E-state index in [0.717, 1.165) is 5.75 Å². The lowest BCUT2D eigenvalue weighted by Crippen LogP contribution is -2.27. The first kappa shape index (κ1) is 13.5. The van der Waals surface area contributed by atoms with Gasteiger partial charge in [0.1, 0.15) is 5.69 Å².